The van der Waals surface area contributed by atoms with Crippen molar-refractivity contribution < 1.29 is 14.5 Å². The van der Waals surface area contributed by atoms with E-state index in [1.165, 1.54) is 18.2 Å². The van der Waals surface area contributed by atoms with Gasteiger partial charge in [-0.2, -0.15) is 0 Å². The number of ether oxygens (including phenoxy) is 1. The molecule has 0 bridgehead atoms. The molecule has 1 aromatic rings. The van der Waals surface area contributed by atoms with Crippen LogP contribution >= 0.6 is 15.9 Å². The van der Waals surface area contributed by atoms with E-state index in [0.717, 1.165) is 0 Å². The molecule has 1 heterocycles. The molecule has 0 saturated carbocycles. The highest BCUT2D eigenvalue weighted by molar-refractivity contribution is 9.10. The highest BCUT2D eigenvalue weighted by atomic mass is 79.9. The van der Waals surface area contributed by atoms with E-state index in [1.54, 1.807) is 0 Å². The van der Waals surface area contributed by atoms with Crippen LogP contribution in [0.1, 0.15) is 13.3 Å². The second-order valence-corrected chi connectivity index (χ2v) is 5.24. The van der Waals surface area contributed by atoms with Gasteiger partial charge in [0, 0.05) is 18.4 Å². The van der Waals surface area contributed by atoms with Gasteiger partial charge in [0.2, 0.25) is 5.91 Å². The van der Waals surface area contributed by atoms with E-state index in [-0.39, 0.29) is 23.6 Å². The maximum absolute atomic E-state index is 12.0. The molecule has 0 radical (unpaired) electrons. The highest BCUT2D eigenvalue weighted by Crippen LogP contribution is 2.28. The van der Waals surface area contributed by atoms with Crippen LogP contribution in [0.5, 0.6) is 0 Å². The summed E-state index contributed by atoms with van der Waals surface area (Å²) in [6.45, 7) is 2.45. The third kappa shape index (κ3) is 3.10. The quantitative estimate of drug-likeness (QED) is 0.683. The lowest BCUT2D eigenvalue weighted by Gasteiger charge is -2.14. The van der Waals surface area contributed by atoms with Gasteiger partial charge in [-0.25, -0.2) is 0 Å². The molecule has 1 aliphatic rings. The molecule has 0 unspecified atom stereocenters. The van der Waals surface area contributed by atoms with Gasteiger partial charge in [0.1, 0.15) is 0 Å². The number of nitrogens with zero attached hydrogens (tertiary/aromatic N) is 1. The van der Waals surface area contributed by atoms with Crippen LogP contribution in [-0.2, 0) is 9.53 Å². The van der Waals surface area contributed by atoms with Gasteiger partial charge in [-0.05, 0) is 41.4 Å². The second kappa shape index (κ2) is 5.66. The van der Waals surface area contributed by atoms with Gasteiger partial charge in [-0.1, -0.05) is 0 Å². The first kappa shape index (κ1) is 14.0. The van der Waals surface area contributed by atoms with E-state index in [0.29, 0.717) is 23.2 Å². The van der Waals surface area contributed by atoms with Crippen LogP contribution < -0.4 is 5.32 Å². The first-order valence-electron chi connectivity index (χ1n) is 5.85. The highest BCUT2D eigenvalue weighted by Gasteiger charge is 2.30. The minimum Gasteiger partial charge on any atom is -0.378 e. The number of hydrogen-bond donors (Lipinski definition) is 1. The summed E-state index contributed by atoms with van der Waals surface area (Å²) in [6.07, 6.45) is 0.600. The number of nitro groups is 1. The van der Waals surface area contributed by atoms with Crippen molar-refractivity contribution in [1.29, 1.82) is 0 Å². The molecule has 0 spiro atoms. The Hall–Kier alpha value is -1.47. The summed E-state index contributed by atoms with van der Waals surface area (Å²) >= 11 is 3.12. The summed E-state index contributed by atoms with van der Waals surface area (Å²) in [5.74, 6) is -0.292. The zero-order chi connectivity index (χ0) is 14.0. The number of halogens is 1. The van der Waals surface area contributed by atoms with Gasteiger partial charge in [0.15, 0.2) is 0 Å². The van der Waals surface area contributed by atoms with Crippen molar-refractivity contribution in [2.45, 2.75) is 19.4 Å². The maximum atomic E-state index is 12.0. The van der Waals surface area contributed by atoms with Crippen molar-refractivity contribution in [2.75, 3.05) is 11.9 Å². The molecule has 7 heteroatoms. The number of hydrogen-bond acceptors (Lipinski definition) is 4. The summed E-state index contributed by atoms with van der Waals surface area (Å²) in [5.41, 5.74) is 0.497. The number of amides is 1. The zero-order valence-corrected chi connectivity index (χ0v) is 11.8. The van der Waals surface area contributed by atoms with Crippen molar-refractivity contribution in [2.24, 2.45) is 5.92 Å². The van der Waals surface area contributed by atoms with Crippen molar-refractivity contribution in [3.05, 3.63) is 32.8 Å². The van der Waals surface area contributed by atoms with Gasteiger partial charge in [-0.15, -0.1) is 0 Å². The normalized spacial score (nSPS) is 22.2. The predicted octanol–water partition coefficient (Wildman–Crippen LogP) is 2.72. The SMILES string of the molecule is C[C@@H]1OCC[C@H]1C(=O)Nc1ccc([N+](=O)[O-])c(Br)c1. The minimum absolute atomic E-state index is 0.0319. The van der Waals surface area contributed by atoms with Crippen LogP contribution in [0.15, 0.2) is 22.7 Å². The number of carbonyl (C=O) groups is 1. The molecule has 2 rings (SSSR count). The molecule has 102 valence electrons. The monoisotopic (exact) mass is 328 g/mol. The molecule has 1 amide bonds. The van der Waals surface area contributed by atoms with E-state index < -0.39 is 4.92 Å². The molecule has 1 aromatic carbocycles. The van der Waals surface area contributed by atoms with Crippen molar-refractivity contribution in [1.82, 2.24) is 0 Å². The molecule has 1 aliphatic heterocycles. The van der Waals surface area contributed by atoms with Gasteiger partial charge in [-0.3, -0.25) is 14.9 Å². The van der Waals surface area contributed by atoms with Crippen LogP contribution in [0.2, 0.25) is 0 Å². The van der Waals surface area contributed by atoms with Gasteiger partial charge < -0.3 is 10.1 Å². The fourth-order valence-electron chi connectivity index (χ4n) is 2.04. The lowest BCUT2D eigenvalue weighted by atomic mass is 10.0. The molecule has 6 nitrogen and oxygen atoms in total. The fraction of sp³-hybridized carbons (Fsp3) is 0.417. The summed E-state index contributed by atoms with van der Waals surface area (Å²) in [5, 5.41) is 13.4. The average Bonchev–Trinajstić information content (AvgIpc) is 2.75. The molecule has 1 N–H and O–H groups in total. The number of anilines is 1. The molecule has 1 fully saturated rings. The van der Waals surface area contributed by atoms with Crippen LogP contribution in [0.3, 0.4) is 0 Å². The zero-order valence-electron chi connectivity index (χ0n) is 10.3. The third-order valence-electron chi connectivity index (χ3n) is 3.12. The van der Waals surface area contributed by atoms with Crippen LogP contribution in [0, 0.1) is 16.0 Å². The largest absolute Gasteiger partial charge is 0.378 e. The molecule has 2 atom stereocenters. The number of nitro benzene ring substituents is 1. The number of rotatable bonds is 3. The van der Waals surface area contributed by atoms with E-state index in [2.05, 4.69) is 21.2 Å². The van der Waals surface area contributed by atoms with Crippen molar-refractivity contribution in [3.63, 3.8) is 0 Å². The van der Waals surface area contributed by atoms with Crippen LogP contribution in [-0.4, -0.2) is 23.5 Å². The van der Waals surface area contributed by atoms with Gasteiger partial charge in [0.25, 0.3) is 5.69 Å². The molecular formula is C12H13BrN2O4. The first-order valence-corrected chi connectivity index (χ1v) is 6.64. The lowest BCUT2D eigenvalue weighted by Crippen LogP contribution is -2.27. The molecule has 0 aliphatic carbocycles. The van der Waals surface area contributed by atoms with Crippen LogP contribution in [0.4, 0.5) is 11.4 Å². The Morgan fingerprint density at radius 3 is 2.84 bits per heavy atom. The van der Waals surface area contributed by atoms with E-state index in [1.807, 2.05) is 6.92 Å². The maximum Gasteiger partial charge on any atom is 0.283 e. The first-order chi connectivity index (χ1) is 8.99. The van der Waals surface area contributed by atoms with Gasteiger partial charge >= 0.3 is 0 Å². The lowest BCUT2D eigenvalue weighted by molar-refractivity contribution is -0.385. The van der Waals surface area contributed by atoms with Crippen molar-refractivity contribution in [3.8, 4) is 0 Å². The summed E-state index contributed by atoms with van der Waals surface area (Å²) in [7, 11) is 0. The predicted molar refractivity (Wildman–Crippen MR) is 72.9 cm³/mol. The Kier molecular flexibility index (Phi) is 4.16. The Bertz CT molecular complexity index is 520. The molecule has 0 aromatic heterocycles. The van der Waals surface area contributed by atoms with E-state index >= 15 is 0 Å². The molecule has 1 saturated heterocycles. The molecular weight excluding hydrogens is 316 g/mol. The van der Waals surface area contributed by atoms with E-state index in [4.69, 9.17) is 4.74 Å². The van der Waals surface area contributed by atoms with Crippen LogP contribution in [0.25, 0.3) is 0 Å². The summed E-state index contributed by atoms with van der Waals surface area (Å²) in [4.78, 5) is 22.2. The Labute approximate surface area is 118 Å². The average molecular weight is 329 g/mol. The number of benzene rings is 1. The topological polar surface area (TPSA) is 81.5 Å². The number of carbonyl (C=O) groups excluding carboxylic acids is 1. The fourth-order valence-corrected chi connectivity index (χ4v) is 2.57. The minimum atomic E-state index is -0.484. The summed E-state index contributed by atoms with van der Waals surface area (Å²) in [6, 6.07) is 4.39. The smallest absolute Gasteiger partial charge is 0.283 e. The summed E-state index contributed by atoms with van der Waals surface area (Å²) < 4.78 is 5.68. The Morgan fingerprint density at radius 2 is 2.32 bits per heavy atom. The molecule has 19 heavy (non-hydrogen) atoms. The van der Waals surface area contributed by atoms with Gasteiger partial charge in [0.05, 0.1) is 21.4 Å². The Morgan fingerprint density at radius 1 is 1.58 bits per heavy atom. The number of nitrogens with one attached hydrogen (secondary N) is 1. The van der Waals surface area contributed by atoms with Crippen molar-refractivity contribution >= 4 is 33.2 Å². The van der Waals surface area contributed by atoms with E-state index in [9.17, 15) is 14.9 Å². The standard InChI is InChI=1S/C12H13BrN2O4/c1-7-9(4-5-19-7)12(16)14-8-2-3-11(15(17)18)10(13)6-8/h2-3,6-7,9H,4-5H2,1H3,(H,14,16)/t7-,9+/m0/s1. The third-order valence-corrected chi connectivity index (χ3v) is 3.76. The Balaban J connectivity index is 2.09. The second-order valence-electron chi connectivity index (χ2n) is 4.38.